The number of nitrogens with zero attached hydrogens (tertiary/aromatic N) is 3. The Balaban J connectivity index is 1.30. The smallest absolute Gasteiger partial charge is 0.233 e. The van der Waals surface area contributed by atoms with Crippen molar-refractivity contribution < 1.29 is 14.4 Å². The lowest BCUT2D eigenvalue weighted by Gasteiger charge is -2.37. The Bertz CT molecular complexity index is 796. The van der Waals surface area contributed by atoms with Crippen LogP contribution >= 0.6 is 11.6 Å². The molecule has 4 rings (SSSR count). The largest absolute Gasteiger partial charge is 0.368 e. The molecule has 3 fully saturated rings. The zero-order chi connectivity index (χ0) is 20.5. The van der Waals surface area contributed by atoms with E-state index in [9.17, 15) is 14.4 Å². The Morgan fingerprint density at radius 3 is 2.28 bits per heavy atom. The maximum absolute atomic E-state index is 12.7. The molecule has 2 saturated heterocycles. The second-order valence-electron chi connectivity index (χ2n) is 8.37. The van der Waals surface area contributed by atoms with Crippen molar-refractivity contribution in [3.8, 4) is 0 Å². The molecule has 7 heteroatoms. The summed E-state index contributed by atoms with van der Waals surface area (Å²) in [7, 11) is 0. The van der Waals surface area contributed by atoms with Gasteiger partial charge in [-0.3, -0.25) is 19.3 Å². The van der Waals surface area contributed by atoms with Crippen molar-refractivity contribution in [3.05, 3.63) is 28.8 Å². The van der Waals surface area contributed by atoms with Crippen LogP contribution in [0.3, 0.4) is 0 Å². The zero-order valence-corrected chi connectivity index (χ0v) is 17.7. The van der Waals surface area contributed by atoms with Crippen molar-refractivity contribution in [1.29, 1.82) is 0 Å². The van der Waals surface area contributed by atoms with Crippen LogP contribution in [0.15, 0.2) is 18.2 Å². The molecule has 3 amide bonds. The molecule has 156 valence electrons. The van der Waals surface area contributed by atoms with Gasteiger partial charge in [0.05, 0.1) is 11.8 Å². The highest BCUT2D eigenvalue weighted by Crippen LogP contribution is 2.38. The molecule has 29 heavy (non-hydrogen) atoms. The summed E-state index contributed by atoms with van der Waals surface area (Å²) in [6.07, 6.45) is 3.87. The Hall–Kier alpha value is -2.08. The molecule has 0 spiro atoms. The molecular weight excluding hydrogens is 390 g/mol. The molecule has 0 radical (unpaired) electrons. The van der Waals surface area contributed by atoms with Gasteiger partial charge in [-0.1, -0.05) is 30.5 Å². The predicted octanol–water partition coefficient (Wildman–Crippen LogP) is 2.86. The average Bonchev–Trinajstić information content (AvgIpc) is 2.98. The number of benzene rings is 1. The summed E-state index contributed by atoms with van der Waals surface area (Å²) in [4.78, 5) is 43.3. The highest BCUT2D eigenvalue weighted by Gasteiger charge is 2.47. The van der Waals surface area contributed by atoms with Gasteiger partial charge in [0, 0.05) is 49.9 Å². The van der Waals surface area contributed by atoms with Crippen LogP contribution in [0.5, 0.6) is 0 Å². The molecule has 1 aliphatic carbocycles. The molecule has 2 atom stereocenters. The molecule has 1 saturated carbocycles. The number of carbonyl (C=O) groups excluding carboxylic acids is 3. The van der Waals surface area contributed by atoms with Gasteiger partial charge in [0.25, 0.3) is 0 Å². The number of piperazine rings is 1. The predicted molar refractivity (Wildman–Crippen MR) is 112 cm³/mol. The number of anilines is 1. The first-order valence-electron chi connectivity index (χ1n) is 10.6. The number of rotatable bonds is 4. The van der Waals surface area contributed by atoms with Crippen LogP contribution in [0.1, 0.15) is 37.7 Å². The van der Waals surface area contributed by atoms with Crippen molar-refractivity contribution in [2.75, 3.05) is 37.6 Å². The highest BCUT2D eigenvalue weighted by molar-refractivity contribution is 6.30. The fraction of sp³-hybridized carbons (Fsp3) is 0.591. The second kappa shape index (κ2) is 8.34. The molecule has 0 unspecified atom stereocenters. The number of hydrogen-bond donors (Lipinski definition) is 0. The average molecular weight is 418 g/mol. The van der Waals surface area contributed by atoms with Crippen LogP contribution in [0.2, 0.25) is 5.02 Å². The summed E-state index contributed by atoms with van der Waals surface area (Å²) in [6.45, 7) is 5.05. The first-order chi connectivity index (χ1) is 14.0. The molecule has 1 aromatic rings. The first kappa shape index (κ1) is 20.2. The van der Waals surface area contributed by atoms with Gasteiger partial charge in [-0.2, -0.15) is 0 Å². The summed E-state index contributed by atoms with van der Waals surface area (Å²) in [6, 6.07) is 5.87. The van der Waals surface area contributed by atoms with Crippen LogP contribution < -0.4 is 4.90 Å². The summed E-state index contributed by atoms with van der Waals surface area (Å²) in [5, 5.41) is 0.713. The Morgan fingerprint density at radius 2 is 1.66 bits per heavy atom. The van der Waals surface area contributed by atoms with E-state index in [1.165, 1.54) is 10.5 Å². The van der Waals surface area contributed by atoms with E-state index < -0.39 is 0 Å². The van der Waals surface area contributed by atoms with Gasteiger partial charge in [0.2, 0.25) is 17.7 Å². The molecular formula is C22H28ClN3O3. The van der Waals surface area contributed by atoms with E-state index in [2.05, 4.69) is 11.8 Å². The molecule has 0 N–H and O–H groups in total. The van der Waals surface area contributed by atoms with Crippen molar-refractivity contribution in [2.45, 2.75) is 39.0 Å². The van der Waals surface area contributed by atoms with Gasteiger partial charge in [0.15, 0.2) is 0 Å². The van der Waals surface area contributed by atoms with Gasteiger partial charge in [0.1, 0.15) is 0 Å². The summed E-state index contributed by atoms with van der Waals surface area (Å²) >= 11 is 6.14. The third kappa shape index (κ3) is 4.00. The van der Waals surface area contributed by atoms with Crippen molar-refractivity contribution in [3.63, 3.8) is 0 Å². The number of hydrogen-bond acceptors (Lipinski definition) is 4. The van der Waals surface area contributed by atoms with Crippen LogP contribution in [0, 0.1) is 18.8 Å². The number of imide groups is 1. The number of halogens is 1. The molecule has 3 aliphatic rings. The quantitative estimate of drug-likeness (QED) is 0.707. The number of amides is 3. The molecule has 0 aromatic heterocycles. The van der Waals surface area contributed by atoms with Crippen LogP contribution in [-0.4, -0.2) is 60.2 Å². The van der Waals surface area contributed by atoms with Gasteiger partial charge in [-0.15, -0.1) is 0 Å². The van der Waals surface area contributed by atoms with E-state index in [1.807, 2.05) is 23.1 Å². The van der Waals surface area contributed by atoms with E-state index in [0.717, 1.165) is 44.5 Å². The molecule has 2 aliphatic heterocycles. The van der Waals surface area contributed by atoms with Crippen LogP contribution in [-0.2, 0) is 14.4 Å². The van der Waals surface area contributed by atoms with Crippen LogP contribution in [0.25, 0.3) is 0 Å². The zero-order valence-electron chi connectivity index (χ0n) is 16.9. The van der Waals surface area contributed by atoms with Crippen LogP contribution in [0.4, 0.5) is 5.69 Å². The fourth-order valence-electron chi connectivity index (χ4n) is 4.94. The summed E-state index contributed by atoms with van der Waals surface area (Å²) in [5.74, 6) is -0.392. The van der Waals surface area contributed by atoms with Gasteiger partial charge >= 0.3 is 0 Å². The molecule has 2 heterocycles. The summed E-state index contributed by atoms with van der Waals surface area (Å²) in [5.41, 5.74) is 2.28. The number of aryl methyl sites for hydroxylation is 1. The lowest BCUT2D eigenvalue weighted by Crippen LogP contribution is -2.49. The minimum Gasteiger partial charge on any atom is -0.368 e. The van der Waals surface area contributed by atoms with Crippen molar-refractivity contribution in [1.82, 2.24) is 9.80 Å². The maximum atomic E-state index is 12.7. The maximum Gasteiger partial charge on any atom is 0.233 e. The van der Waals surface area contributed by atoms with E-state index in [-0.39, 0.29) is 42.5 Å². The fourth-order valence-corrected chi connectivity index (χ4v) is 5.10. The standard InChI is InChI=1S/C22H28ClN3O3/c1-15-6-7-16(23)14-19(15)24-10-12-25(13-11-24)20(27)8-9-26-21(28)17-4-2-3-5-18(17)22(26)29/h6-7,14,17-18H,2-5,8-13H2,1H3/t17-,18-/m0/s1. The third-order valence-electron chi connectivity index (χ3n) is 6.63. The molecule has 1 aromatic carbocycles. The molecule has 6 nitrogen and oxygen atoms in total. The number of fused-ring (bicyclic) bond motifs is 1. The highest BCUT2D eigenvalue weighted by atomic mass is 35.5. The third-order valence-corrected chi connectivity index (χ3v) is 6.86. The normalized spacial score (nSPS) is 24.8. The number of carbonyl (C=O) groups is 3. The van der Waals surface area contributed by atoms with E-state index >= 15 is 0 Å². The SMILES string of the molecule is Cc1ccc(Cl)cc1N1CCN(C(=O)CCN2C(=O)[C@H]3CCCC[C@@H]3C2=O)CC1. The lowest BCUT2D eigenvalue weighted by molar-refractivity contribution is -0.140. The van der Waals surface area contributed by atoms with Gasteiger partial charge in [-0.05, 0) is 37.5 Å². The lowest BCUT2D eigenvalue weighted by atomic mass is 9.81. The van der Waals surface area contributed by atoms with E-state index in [4.69, 9.17) is 11.6 Å². The second-order valence-corrected chi connectivity index (χ2v) is 8.81. The van der Waals surface area contributed by atoms with E-state index in [0.29, 0.717) is 18.1 Å². The van der Waals surface area contributed by atoms with Gasteiger partial charge < -0.3 is 9.80 Å². The minimum absolute atomic E-state index is 0.0166. The van der Waals surface area contributed by atoms with Gasteiger partial charge in [-0.25, -0.2) is 0 Å². The Labute approximate surface area is 176 Å². The Morgan fingerprint density at radius 1 is 1.03 bits per heavy atom. The molecule has 0 bridgehead atoms. The first-order valence-corrected chi connectivity index (χ1v) is 11.0. The summed E-state index contributed by atoms with van der Waals surface area (Å²) < 4.78 is 0. The van der Waals surface area contributed by atoms with E-state index in [1.54, 1.807) is 0 Å². The minimum atomic E-state index is -0.143. The topological polar surface area (TPSA) is 60.9 Å². The van der Waals surface area contributed by atoms with Crippen molar-refractivity contribution >= 4 is 35.0 Å². The number of likely N-dealkylation sites (tertiary alicyclic amines) is 1. The Kier molecular flexibility index (Phi) is 5.81. The monoisotopic (exact) mass is 417 g/mol. The van der Waals surface area contributed by atoms with Crippen molar-refractivity contribution in [2.24, 2.45) is 11.8 Å².